The molecule has 0 aliphatic rings. The maximum absolute atomic E-state index is 10.8. The van der Waals surface area contributed by atoms with E-state index in [1.807, 2.05) is 18.2 Å². The van der Waals surface area contributed by atoms with Gasteiger partial charge in [0.05, 0.1) is 10.6 Å². The Morgan fingerprint density at radius 3 is 2.46 bits per heavy atom. The second kappa shape index (κ2) is 8.90. The molecule has 28 heavy (non-hydrogen) atoms. The average Bonchev–Trinajstić information content (AvgIpc) is 2.73. The molecule has 144 valence electrons. The van der Waals surface area contributed by atoms with E-state index in [1.54, 1.807) is 24.5 Å². The maximum Gasteiger partial charge on any atom is 0.269 e. The highest BCUT2D eigenvalue weighted by atomic mass is 16.6. The third kappa shape index (κ3) is 5.00. The van der Waals surface area contributed by atoms with E-state index in [-0.39, 0.29) is 11.7 Å². The fourth-order valence-electron chi connectivity index (χ4n) is 2.52. The SMILES string of the molecule is CC[C@H](C)Nc1nc(NCc2ccc([N+](=O)[O-])cc2)cc(-c2ccncc2)n1. The first kappa shape index (κ1) is 19.2. The van der Waals surface area contributed by atoms with E-state index in [0.717, 1.165) is 23.2 Å². The van der Waals surface area contributed by atoms with Crippen LogP contribution in [0.3, 0.4) is 0 Å². The van der Waals surface area contributed by atoms with Crippen LogP contribution in [0.15, 0.2) is 54.9 Å². The van der Waals surface area contributed by atoms with E-state index >= 15 is 0 Å². The molecule has 8 heteroatoms. The van der Waals surface area contributed by atoms with Crippen molar-refractivity contribution in [2.75, 3.05) is 10.6 Å². The van der Waals surface area contributed by atoms with Crippen molar-refractivity contribution in [1.82, 2.24) is 15.0 Å². The lowest BCUT2D eigenvalue weighted by Crippen LogP contribution is -2.16. The van der Waals surface area contributed by atoms with Crippen molar-refractivity contribution in [3.8, 4) is 11.3 Å². The number of benzene rings is 1. The molecule has 0 bridgehead atoms. The summed E-state index contributed by atoms with van der Waals surface area (Å²) in [4.78, 5) is 23.6. The first-order valence-electron chi connectivity index (χ1n) is 9.08. The number of aromatic nitrogens is 3. The molecule has 0 amide bonds. The van der Waals surface area contributed by atoms with Crippen molar-refractivity contribution in [3.63, 3.8) is 0 Å². The quantitative estimate of drug-likeness (QED) is 0.445. The molecule has 0 unspecified atom stereocenters. The van der Waals surface area contributed by atoms with Gasteiger partial charge in [-0.2, -0.15) is 4.98 Å². The Morgan fingerprint density at radius 2 is 1.82 bits per heavy atom. The highest BCUT2D eigenvalue weighted by molar-refractivity contribution is 5.64. The minimum absolute atomic E-state index is 0.0748. The molecule has 2 N–H and O–H groups in total. The van der Waals surface area contributed by atoms with Crippen molar-refractivity contribution in [1.29, 1.82) is 0 Å². The number of hydrogen-bond acceptors (Lipinski definition) is 7. The van der Waals surface area contributed by atoms with Crippen molar-refractivity contribution < 1.29 is 4.92 Å². The van der Waals surface area contributed by atoms with Crippen LogP contribution in [0.5, 0.6) is 0 Å². The number of nitro groups is 1. The molecule has 3 rings (SSSR count). The Balaban J connectivity index is 1.82. The first-order valence-corrected chi connectivity index (χ1v) is 9.08. The van der Waals surface area contributed by atoms with E-state index in [9.17, 15) is 10.1 Å². The first-order chi connectivity index (χ1) is 13.5. The van der Waals surface area contributed by atoms with Gasteiger partial charge in [-0.15, -0.1) is 0 Å². The number of nitrogens with zero attached hydrogens (tertiary/aromatic N) is 4. The summed E-state index contributed by atoms with van der Waals surface area (Å²) in [5.74, 6) is 1.22. The van der Waals surface area contributed by atoms with Crippen LogP contribution in [0.4, 0.5) is 17.5 Å². The largest absolute Gasteiger partial charge is 0.366 e. The van der Waals surface area contributed by atoms with Gasteiger partial charge in [-0.25, -0.2) is 4.98 Å². The number of hydrogen-bond donors (Lipinski definition) is 2. The lowest BCUT2D eigenvalue weighted by molar-refractivity contribution is -0.384. The van der Waals surface area contributed by atoms with Crippen LogP contribution in [0.2, 0.25) is 0 Å². The summed E-state index contributed by atoms with van der Waals surface area (Å²) in [6.45, 7) is 4.66. The van der Waals surface area contributed by atoms with Gasteiger partial charge in [-0.1, -0.05) is 19.1 Å². The minimum atomic E-state index is -0.407. The van der Waals surface area contributed by atoms with Gasteiger partial charge >= 0.3 is 0 Å². The minimum Gasteiger partial charge on any atom is -0.366 e. The van der Waals surface area contributed by atoms with E-state index in [1.165, 1.54) is 12.1 Å². The van der Waals surface area contributed by atoms with Crippen LogP contribution in [-0.4, -0.2) is 25.9 Å². The molecule has 0 spiro atoms. The molecule has 1 aromatic carbocycles. The number of nitro benzene ring substituents is 1. The van der Waals surface area contributed by atoms with Gasteiger partial charge in [-0.3, -0.25) is 15.1 Å². The summed E-state index contributed by atoms with van der Waals surface area (Å²) in [5, 5.41) is 17.4. The molecule has 0 saturated carbocycles. The molecule has 0 radical (unpaired) electrons. The van der Waals surface area contributed by atoms with Crippen LogP contribution in [0, 0.1) is 10.1 Å². The number of anilines is 2. The Kier molecular flexibility index (Phi) is 6.11. The molecule has 3 aromatic rings. The summed E-state index contributed by atoms with van der Waals surface area (Å²) < 4.78 is 0. The lowest BCUT2D eigenvalue weighted by Gasteiger charge is -2.14. The van der Waals surface area contributed by atoms with Crippen LogP contribution < -0.4 is 10.6 Å². The van der Waals surface area contributed by atoms with Gasteiger partial charge in [0, 0.05) is 48.7 Å². The third-order valence-corrected chi connectivity index (χ3v) is 4.31. The highest BCUT2D eigenvalue weighted by Crippen LogP contribution is 2.22. The fraction of sp³-hybridized carbons (Fsp3) is 0.250. The molecule has 0 fully saturated rings. The Morgan fingerprint density at radius 1 is 1.11 bits per heavy atom. The van der Waals surface area contributed by atoms with E-state index < -0.39 is 4.92 Å². The molecule has 2 aromatic heterocycles. The van der Waals surface area contributed by atoms with Crippen molar-refractivity contribution in [2.45, 2.75) is 32.9 Å². The molecule has 1 atom stereocenters. The predicted molar refractivity (Wildman–Crippen MR) is 109 cm³/mol. The summed E-state index contributed by atoms with van der Waals surface area (Å²) in [6, 6.07) is 12.4. The summed E-state index contributed by atoms with van der Waals surface area (Å²) in [6.07, 6.45) is 4.40. The summed E-state index contributed by atoms with van der Waals surface area (Å²) in [7, 11) is 0. The van der Waals surface area contributed by atoms with Gasteiger partial charge in [-0.05, 0) is 31.0 Å². The highest BCUT2D eigenvalue weighted by Gasteiger charge is 2.09. The summed E-state index contributed by atoms with van der Waals surface area (Å²) >= 11 is 0. The van der Waals surface area contributed by atoms with Crippen molar-refractivity contribution in [2.24, 2.45) is 0 Å². The molecule has 0 saturated heterocycles. The van der Waals surface area contributed by atoms with E-state index in [4.69, 9.17) is 0 Å². The zero-order valence-electron chi connectivity index (χ0n) is 15.8. The van der Waals surface area contributed by atoms with Gasteiger partial charge in [0.15, 0.2) is 0 Å². The van der Waals surface area contributed by atoms with Crippen LogP contribution >= 0.6 is 0 Å². The maximum atomic E-state index is 10.8. The average molecular weight is 378 g/mol. The van der Waals surface area contributed by atoms with Crippen LogP contribution in [0.25, 0.3) is 11.3 Å². The number of non-ortho nitro benzene ring substituents is 1. The molecular formula is C20H22N6O2. The predicted octanol–water partition coefficient (Wildman–Crippen LogP) is 4.27. The second-order valence-electron chi connectivity index (χ2n) is 6.43. The van der Waals surface area contributed by atoms with Crippen molar-refractivity contribution >= 4 is 17.5 Å². The molecule has 8 nitrogen and oxygen atoms in total. The summed E-state index contributed by atoms with van der Waals surface area (Å²) in [5.41, 5.74) is 2.73. The van der Waals surface area contributed by atoms with E-state index in [2.05, 4.69) is 39.4 Å². The Labute approximate surface area is 163 Å². The zero-order chi connectivity index (χ0) is 19.9. The number of rotatable bonds is 8. The number of pyridine rings is 1. The van der Waals surface area contributed by atoms with E-state index in [0.29, 0.717) is 18.3 Å². The standard InChI is InChI=1S/C20H22N6O2/c1-3-14(2)23-20-24-18(16-8-10-21-11-9-16)12-19(25-20)22-13-15-4-6-17(7-5-15)26(27)28/h4-12,14H,3,13H2,1-2H3,(H2,22,23,24,25)/t14-/m0/s1. The van der Waals surface area contributed by atoms with Gasteiger partial charge < -0.3 is 10.6 Å². The fourth-order valence-corrected chi connectivity index (χ4v) is 2.52. The molecule has 2 heterocycles. The lowest BCUT2D eigenvalue weighted by atomic mass is 10.2. The van der Waals surface area contributed by atoms with Crippen molar-refractivity contribution in [3.05, 3.63) is 70.5 Å². The second-order valence-corrected chi connectivity index (χ2v) is 6.43. The third-order valence-electron chi connectivity index (χ3n) is 4.31. The normalized spacial score (nSPS) is 11.6. The Hall–Kier alpha value is -3.55. The Bertz CT molecular complexity index is 931. The number of nitrogens with one attached hydrogen (secondary N) is 2. The zero-order valence-corrected chi connectivity index (χ0v) is 15.8. The molecular weight excluding hydrogens is 356 g/mol. The smallest absolute Gasteiger partial charge is 0.269 e. The van der Waals surface area contributed by atoms with Gasteiger partial charge in [0.1, 0.15) is 5.82 Å². The molecule has 0 aliphatic carbocycles. The monoisotopic (exact) mass is 378 g/mol. The van der Waals surface area contributed by atoms with Crippen LogP contribution in [0.1, 0.15) is 25.8 Å². The van der Waals surface area contributed by atoms with Crippen LogP contribution in [-0.2, 0) is 6.54 Å². The van der Waals surface area contributed by atoms with Gasteiger partial charge in [0.2, 0.25) is 5.95 Å². The van der Waals surface area contributed by atoms with Gasteiger partial charge in [0.25, 0.3) is 5.69 Å². The molecule has 0 aliphatic heterocycles. The topological polar surface area (TPSA) is 106 Å².